The van der Waals surface area contributed by atoms with Crippen molar-refractivity contribution in [2.45, 2.75) is 36.8 Å². The molecule has 1 aliphatic heterocycles. The smallest absolute Gasteiger partial charge is 0.304 e. The first-order chi connectivity index (χ1) is 18.2. The molecule has 0 spiro atoms. The molecular formula is C27H30N4O6S. The molecule has 5 rings (SSSR count). The molecular weight excluding hydrogens is 508 g/mol. The van der Waals surface area contributed by atoms with Crippen LogP contribution in [0.2, 0.25) is 0 Å². The Labute approximate surface area is 221 Å². The molecule has 1 aliphatic rings. The summed E-state index contributed by atoms with van der Waals surface area (Å²) in [6, 6.07) is 18.2. The molecule has 3 N–H and O–H groups in total. The first-order valence-corrected chi connectivity index (χ1v) is 13.6. The number of aliphatic carboxylic acids is 1. The lowest BCUT2D eigenvalue weighted by Gasteiger charge is -2.41. The van der Waals surface area contributed by atoms with Crippen molar-refractivity contribution in [2.24, 2.45) is 7.05 Å². The molecule has 0 saturated carbocycles. The molecule has 200 valence electrons. The van der Waals surface area contributed by atoms with E-state index in [1.54, 1.807) is 47.4 Å². The van der Waals surface area contributed by atoms with Crippen LogP contribution in [0.3, 0.4) is 0 Å². The molecule has 3 aromatic carbocycles. The van der Waals surface area contributed by atoms with Gasteiger partial charge in [-0.25, -0.2) is 4.68 Å². The van der Waals surface area contributed by atoms with Crippen LogP contribution in [-0.2, 0) is 18.4 Å². The number of nitrogens with zero attached hydrogens (tertiary/aromatic N) is 4. The van der Waals surface area contributed by atoms with Crippen LogP contribution in [-0.4, -0.2) is 59.2 Å². The van der Waals surface area contributed by atoms with Crippen LogP contribution in [0.1, 0.15) is 36.0 Å². The number of para-hydroxylation sites is 1. The number of hydrogen-bond donors (Lipinski definition) is 3. The molecule has 1 aromatic heterocycles. The monoisotopic (exact) mass is 538 g/mol. The van der Waals surface area contributed by atoms with Crippen LogP contribution < -0.4 is 9.47 Å². The largest absolute Gasteiger partial charge is 0.494 e. The Bertz CT molecular complexity index is 1490. The van der Waals surface area contributed by atoms with Crippen molar-refractivity contribution in [3.63, 3.8) is 0 Å². The van der Waals surface area contributed by atoms with E-state index < -0.39 is 22.7 Å². The summed E-state index contributed by atoms with van der Waals surface area (Å²) in [7, 11) is 0.0218. The summed E-state index contributed by atoms with van der Waals surface area (Å²) in [5.74, 6) is -0.406. The predicted molar refractivity (Wildman–Crippen MR) is 144 cm³/mol. The van der Waals surface area contributed by atoms with Gasteiger partial charge in [0, 0.05) is 19.5 Å². The Morgan fingerprint density at radius 1 is 1.16 bits per heavy atom. The Kier molecular flexibility index (Phi) is 7.01. The number of benzene rings is 3. The molecule has 2 unspecified atom stereocenters. The van der Waals surface area contributed by atoms with Crippen LogP contribution in [0.15, 0.2) is 65.6 Å². The number of fused-ring (bicyclic) bond motifs is 2. The van der Waals surface area contributed by atoms with Crippen LogP contribution in [0.5, 0.6) is 11.5 Å². The zero-order chi connectivity index (χ0) is 27.0. The topological polar surface area (TPSA) is 130 Å². The van der Waals surface area contributed by atoms with Gasteiger partial charge in [0.15, 0.2) is 0 Å². The fraction of sp³-hybridized carbons (Fsp3) is 0.296. The van der Waals surface area contributed by atoms with Crippen molar-refractivity contribution < 1.29 is 28.5 Å². The van der Waals surface area contributed by atoms with Gasteiger partial charge >= 0.3 is 5.97 Å². The van der Waals surface area contributed by atoms with Crippen molar-refractivity contribution in [1.82, 2.24) is 19.3 Å². The van der Waals surface area contributed by atoms with E-state index in [0.717, 1.165) is 22.2 Å². The van der Waals surface area contributed by atoms with E-state index in [1.807, 2.05) is 43.3 Å². The third-order valence-electron chi connectivity index (χ3n) is 6.69. The van der Waals surface area contributed by atoms with Crippen LogP contribution >= 0.6 is 10.8 Å². The molecule has 4 aromatic rings. The Hall–Kier alpha value is -3.64. The highest BCUT2D eigenvalue weighted by Crippen LogP contribution is 2.57. The highest BCUT2D eigenvalue weighted by Gasteiger charge is 2.34. The van der Waals surface area contributed by atoms with Crippen molar-refractivity contribution in [2.75, 3.05) is 13.7 Å². The summed E-state index contributed by atoms with van der Waals surface area (Å²) in [6.07, 6.45) is -0.408. The van der Waals surface area contributed by atoms with Crippen molar-refractivity contribution >= 4 is 27.8 Å². The second-order valence-corrected chi connectivity index (χ2v) is 11.4. The molecule has 0 amide bonds. The molecule has 10 nitrogen and oxygen atoms in total. The quantitative estimate of drug-likeness (QED) is 0.301. The van der Waals surface area contributed by atoms with Gasteiger partial charge in [0.25, 0.3) is 0 Å². The molecule has 0 bridgehead atoms. The van der Waals surface area contributed by atoms with Crippen molar-refractivity contribution in [3.05, 3.63) is 77.4 Å². The summed E-state index contributed by atoms with van der Waals surface area (Å²) in [5.41, 5.74) is 3.68. The fourth-order valence-corrected chi connectivity index (χ4v) is 6.63. The summed E-state index contributed by atoms with van der Waals surface area (Å²) < 4.78 is 37.3. The van der Waals surface area contributed by atoms with Crippen molar-refractivity contribution in [1.29, 1.82) is 0 Å². The fourth-order valence-electron chi connectivity index (χ4n) is 4.96. The van der Waals surface area contributed by atoms with Gasteiger partial charge in [0.05, 0.1) is 20.1 Å². The van der Waals surface area contributed by atoms with Gasteiger partial charge in [-0.3, -0.25) is 13.9 Å². The van der Waals surface area contributed by atoms with Gasteiger partial charge < -0.3 is 14.6 Å². The Balaban J connectivity index is 1.51. The summed E-state index contributed by atoms with van der Waals surface area (Å²) >= 11 is 0. The van der Waals surface area contributed by atoms with Gasteiger partial charge in [-0.2, -0.15) is 4.31 Å². The molecule has 11 heteroatoms. The predicted octanol–water partition coefficient (Wildman–Crippen LogP) is 4.89. The third-order valence-corrected chi connectivity index (χ3v) is 8.62. The first kappa shape index (κ1) is 26.0. The maximum Gasteiger partial charge on any atom is 0.304 e. The maximum absolute atomic E-state index is 11.9. The number of ether oxygens (including phenoxy) is 2. The van der Waals surface area contributed by atoms with Crippen LogP contribution in [0, 0.1) is 0 Å². The molecule has 2 atom stereocenters. The SMILES string of the molecule is COc1cc(C(CC(=O)O)c2cccc(CN3CC(C)Oc4ccccc4S3(O)O)c2)cc2nnn(C)c12. The second-order valence-electron chi connectivity index (χ2n) is 9.42. The maximum atomic E-state index is 11.9. The van der Waals surface area contributed by atoms with E-state index in [2.05, 4.69) is 10.3 Å². The Morgan fingerprint density at radius 3 is 2.71 bits per heavy atom. The molecule has 0 aliphatic carbocycles. The van der Waals surface area contributed by atoms with Gasteiger partial charge in [-0.1, -0.05) is 41.6 Å². The highest BCUT2D eigenvalue weighted by atomic mass is 32.3. The lowest BCUT2D eigenvalue weighted by atomic mass is 9.87. The van der Waals surface area contributed by atoms with Gasteiger partial charge in [-0.05, 0) is 47.9 Å². The minimum Gasteiger partial charge on any atom is -0.494 e. The molecule has 0 radical (unpaired) electrons. The minimum atomic E-state index is -3.31. The zero-order valence-electron chi connectivity index (χ0n) is 21.3. The first-order valence-electron chi connectivity index (χ1n) is 12.1. The minimum absolute atomic E-state index is 0.143. The van der Waals surface area contributed by atoms with E-state index in [-0.39, 0.29) is 19.1 Å². The molecule has 0 saturated heterocycles. The number of carboxylic acids is 1. The summed E-state index contributed by atoms with van der Waals surface area (Å²) in [5, 5.41) is 18.0. The third kappa shape index (κ3) is 4.93. The number of aryl methyl sites for hydroxylation is 1. The van der Waals surface area contributed by atoms with E-state index in [4.69, 9.17) is 9.47 Å². The second kappa shape index (κ2) is 10.3. The molecule has 2 heterocycles. The lowest BCUT2D eigenvalue weighted by Crippen LogP contribution is -2.33. The number of carbonyl (C=O) groups is 1. The molecule has 38 heavy (non-hydrogen) atoms. The van der Waals surface area contributed by atoms with Gasteiger partial charge in [0.1, 0.15) is 33.5 Å². The Morgan fingerprint density at radius 2 is 1.95 bits per heavy atom. The van der Waals surface area contributed by atoms with E-state index in [1.165, 1.54) is 0 Å². The number of rotatable bonds is 7. The number of aromatic nitrogens is 3. The normalized spacial score (nSPS) is 18.7. The lowest BCUT2D eigenvalue weighted by molar-refractivity contribution is -0.137. The zero-order valence-corrected chi connectivity index (χ0v) is 22.1. The number of hydrogen-bond acceptors (Lipinski definition) is 8. The van der Waals surface area contributed by atoms with E-state index in [0.29, 0.717) is 28.5 Å². The van der Waals surface area contributed by atoms with Crippen LogP contribution in [0.25, 0.3) is 11.0 Å². The van der Waals surface area contributed by atoms with Gasteiger partial charge in [-0.15, -0.1) is 15.9 Å². The highest BCUT2D eigenvalue weighted by molar-refractivity contribution is 8.22. The standard InChI is InChI=1S/C27H30N4O6S/c1-17-15-31(38(34,35)25-10-5-4-9-23(25)37-17)16-18-7-6-8-19(11-18)21(14-26(32)33)20-12-22-27(24(13-20)36-3)30(2)29-28-22/h4-13,17,21,34-35H,14-16H2,1-3H3,(H,32,33). The summed E-state index contributed by atoms with van der Waals surface area (Å²) in [6.45, 7) is 2.44. The average Bonchev–Trinajstić information content (AvgIpc) is 3.23. The number of carboxylic acid groups (broad SMARTS) is 1. The average molecular weight is 539 g/mol. The summed E-state index contributed by atoms with van der Waals surface area (Å²) in [4.78, 5) is 12.3. The van der Waals surface area contributed by atoms with E-state index in [9.17, 15) is 19.0 Å². The van der Waals surface area contributed by atoms with Gasteiger partial charge in [0.2, 0.25) is 0 Å². The molecule has 0 fully saturated rings. The van der Waals surface area contributed by atoms with Crippen molar-refractivity contribution in [3.8, 4) is 11.5 Å². The van der Waals surface area contributed by atoms with Crippen LogP contribution in [0.4, 0.5) is 0 Å². The van der Waals surface area contributed by atoms with E-state index >= 15 is 0 Å². The number of methoxy groups -OCH3 is 1.